The normalized spacial score (nSPS) is 13.0. The summed E-state index contributed by atoms with van der Waals surface area (Å²) in [6.07, 6.45) is -3.07. The first kappa shape index (κ1) is 6.82. The molecular formula is C3H2ClF3. The molecule has 0 aliphatic carbocycles. The van der Waals surface area contributed by atoms with Gasteiger partial charge >= 0.3 is 0 Å². The maximum Gasteiger partial charge on any atom is 0.290 e. The quantitative estimate of drug-likeness (QED) is 0.511. The van der Waals surface area contributed by atoms with Crippen LogP contribution in [0.1, 0.15) is 0 Å². The highest BCUT2D eigenvalue weighted by molar-refractivity contribution is 6.25. The highest BCUT2D eigenvalue weighted by Gasteiger charge is 2.07. The first-order chi connectivity index (χ1) is 3.18. The van der Waals surface area contributed by atoms with Gasteiger partial charge in [-0.05, 0) is 0 Å². The van der Waals surface area contributed by atoms with E-state index in [9.17, 15) is 13.2 Å². The smallest absolute Gasteiger partial charge is 0.205 e. The lowest BCUT2D eigenvalue weighted by molar-refractivity contribution is 0.159. The molecule has 0 heterocycles. The number of allylic oxidation sites excluding steroid dienone is 1. The molecular weight excluding hydrogens is 128 g/mol. The van der Waals surface area contributed by atoms with E-state index in [0.717, 1.165) is 0 Å². The molecule has 0 atom stereocenters. The van der Waals surface area contributed by atoms with E-state index < -0.39 is 12.3 Å². The lowest BCUT2D eigenvalue weighted by atomic mass is 10.6. The van der Waals surface area contributed by atoms with E-state index in [1.807, 2.05) is 0 Å². The van der Waals surface area contributed by atoms with Gasteiger partial charge in [0, 0.05) is 5.54 Å². The Kier molecular flexibility index (Phi) is 2.83. The predicted molar refractivity (Wildman–Crippen MR) is 21.0 cm³/mol. The van der Waals surface area contributed by atoms with Gasteiger partial charge in [-0.25, -0.2) is 13.2 Å². The Bertz CT molecular complexity index is 78.2. The van der Waals surface area contributed by atoms with Gasteiger partial charge in [-0.3, -0.25) is 0 Å². The maximum absolute atomic E-state index is 11.2. The maximum atomic E-state index is 11.2. The standard InChI is InChI=1S/C3H2ClF3/c4-1-2(5)3(6)7/h1,3H. The zero-order valence-electron chi connectivity index (χ0n) is 3.17. The fourth-order valence-corrected chi connectivity index (χ4v) is 0.143. The molecule has 0 aromatic carbocycles. The van der Waals surface area contributed by atoms with Crippen LogP contribution in [0.2, 0.25) is 0 Å². The third kappa shape index (κ3) is 2.51. The molecule has 0 saturated carbocycles. The minimum absolute atomic E-state index is 0.213. The first-order valence-corrected chi connectivity index (χ1v) is 1.86. The lowest BCUT2D eigenvalue weighted by Crippen LogP contribution is -1.86. The van der Waals surface area contributed by atoms with Crippen LogP contribution >= 0.6 is 11.6 Å². The van der Waals surface area contributed by atoms with Crippen molar-refractivity contribution in [2.75, 3.05) is 0 Å². The molecule has 0 aliphatic rings. The highest BCUT2D eigenvalue weighted by Crippen LogP contribution is 2.09. The van der Waals surface area contributed by atoms with E-state index in [2.05, 4.69) is 11.6 Å². The zero-order valence-corrected chi connectivity index (χ0v) is 3.92. The summed E-state index contributed by atoms with van der Waals surface area (Å²) in [5, 5.41) is 0. The van der Waals surface area contributed by atoms with Gasteiger partial charge in [0.1, 0.15) is 0 Å². The van der Waals surface area contributed by atoms with Crippen molar-refractivity contribution < 1.29 is 13.2 Å². The van der Waals surface area contributed by atoms with E-state index >= 15 is 0 Å². The molecule has 0 saturated heterocycles. The third-order valence-electron chi connectivity index (χ3n) is 0.313. The molecule has 4 heteroatoms. The van der Waals surface area contributed by atoms with E-state index in [1.54, 1.807) is 0 Å². The summed E-state index contributed by atoms with van der Waals surface area (Å²) in [6.45, 7) is 0. The molecule has 0 amide bonds. The number of halogens is 4. The van der Waals surface area contributed by atoms with Crippen LogP contribution in [0, 0.1) is 0 Å². The molecule has 42 valence electrons. The average molecular weight is 130 g/mol. The zero-order chi connectivity index (χ0) is 5.86. The Hall–Kier alpha value is -0.180. The number of rotatable bonds is 1. The average Bonchev–Trinajstić information content (AvgIpc) is 1.65. The Morgan fingerprint density at radius 1 is 1.57 bits per heavy atom. The summed E-state index contributed by atoms with van der Waals surface area (Å²) in [7, 11) is 0. The summed E-state index contributed by atoms with van der Waals surface area (Å²) in [4.78, 5) is 0. The molecule has 0 fully saturated rings. The SMILES string of the molecule is FC(=CCl)C(F)F. The summed E-state index contributed by atoms with van der Waals surface area (Å²) < 4.78 is 33.0. The predicted octanol–water partition coefficient (Wildman–Crippen LogP) is 2.30. The van der Waals surface area contributed by atoms with Crippen LogP contribution in [0.25, 0.3) is 0 Å². The van der Waals surface area contributed by atoms with Crippen LogP contribution in [0.15, 0.2) is 11.4 Å². The lowest BCUT2D eigenvalue weighted by Gasteiger charge is -1.86. The minimum atomic E-state index is -3.07. The monoisotopic (exact) mass is 130 g/mol. The van der Waals surface area contributed by atoms with Crippen LogP contribution in [0.5, 0.6) is 0 Å². The Balaban J connectivity index is 3.56. The van der Waals surface area contributed by atoms with Crippen LogP contribution < -0.4 is 0 Å². The van der Waals surface area contributed by atoms with Gasteiger partial charge in [0.2, 0.25) is 0 Å². The fourth-order valence-electron chi connectivity index (χ4n) is 0.0476. The third-order valence-corrected chi connectivity index (χ3v) is 0.521. The van der Waals surface area contributed by atoms with Crippen molar-refractivity contribution in [2.45, 2.75) is 6.43 Å². The van der Waals surface area contributed by atoms with Crippen LogP contribution in [-0.2, 0) is 0 Å². The Labute approximate surface area is 43.6 Å². The van der Waals surface area contributed by atoms with Gasteiger partial charge in [0.25, 0.3) is 6.43 Å². The van der Waals surface area contributed by atoms with Gasteiger partial charge in [-0.2, -0.15) is 0 Å². The molecule has 0 aromatic heterocycles. The van der Waals surface area contributed by atoms with Crippen molar-refractivity contribution in [3.63, 3.8) is 0 Å². The number of hydrogen-bond acceptors (Lipinski definition) is 0. The summed E-state index contributed by atoms with van der Waals surface area (Å²) in [5.41, 5.74) is 0.213. The summed E-state index contributed by atoms with van der Waals surface area (Å²) in [5.74, 6) is -1.60. The Morgan fingerprint density at radius 2 is 2.00 bits per heavy atom. The Morgan fingerprint density at radius 3 is 2.00 bits per heavy atom. The number of hydrogen-bond donors (Lipinski definition) is 0. The molecule has 0 N–H and O–H groups in total. The molecule has 0 nitrogen and oxygen atoms in total. The van der Waals surface area contributed by atoms with Crippen LogP contribution in [0.3, 0.4) is 0 Å². The minimum Gasteiger partial charge on any atom is -0.205 e. The molecule has 0 radical (unpaired) electrons. The van der Waals surface area contributed by atoms with E-state index in [1.165, 1.54) is 0 Å². The molecule has 0 spiro atoms. The molecule has 0 aliphatic heterocycles. The second kappa shape index (κ2) is 2.91. The van der Waals surface area contributed by atoms with Gasteiger partial charge in [0.15, 0.2) is 5.83 Å². The van der Waals surface area contributed by atoms with E-state index in [4.69, 9.17) is 0 Å². The summed E-state index contributed by atoms with van der Waals surface area (Å²) in [6, 6.07) is 0. The van der Waals surface area contributed by atoms with Crippen molar-refractivity contribution in [1.82, 2.24) is 0 Å². The molecule has 0 aromatic rings. The van der Waals surface area contributed by atoms with Gasteiger partial charge in [0.05, 0.1) is 0 Å². The van der Waals surface area contributed by atoms with Gasteiger partial charge in [-0.1, -0.05) is 11.6 Å². The summed E-state index contributed by atoms with van der Waals surface area (Å²) >= 11 is 4.53. The molecule has 0 unspecified atom stereocenters. The second-order valence-electron chi connectivity index (χ2n) is 0.795. The molecule has 0 rings (SSSR count). The largest absolute Gasteiger partial charge is 0.290 e. The second-order valence-corrected chi connectivity index (χ2v) is 1.01. The van der Waals surface area contributed by atoms with Crippen molar-refractivity contribution in [3.8, 4) is 0 Å². The van der Waals surface area contributed by atoms with Crippen LogP contribution in [-0.4, -0.2) is 6.43 Å². The van der Waals surface area contributed by atoms with E-state index in [0.29, 0.717) is 0 Å². The molecule has 0 bridgehead atoms. The van der Waals surface area contributed by atoms with Crippen molar-refractivity contribution in [1.29, 1.82) is 0 Å². The number of alkyl halides is 2. The topological polar surface area (TPSA) is 0 Å². The van der Waals surface area contributed by atoms with Crippen molar-refractivity contribution in [3.05, 3.63) is 11.4 Å². The van der Waals surface area contributed by atoms with Gasteiger partial charge in [-0.15, -0.1) is 0 Å². The van der Waals surface area contributed by atoms with Crippen LogP contribution in [0.4, 0.5) is 13.2 Å². The fraction of sp³-hybridized carbons (Fsp3) is 0.333. The molecule has 7 heavy (non-hydrogen) atoms. The van der Waals surface area contributed by atoms with Gasteiger partial charge < -0.3 is 0 Å². The van der Waals surface area contributed by atoms with E-state index in [-0.39, 0.29) is 5.54 Å². The highest BCUT2D eigenvalue weighted by atomic mass is 35.5. The van der Waals surface area contributed by atoms with Crippen molar-refractivity contribution >= 4 is 11.6 Å². The van der Waals surface area contributed by atoms with Crippen molar-refractivity contribution in [2.24, 2.45) is 0 Å². The first-order valence-electron chi connectivity index (χ1n) is 1.42.